The highest BCUT2D eigenvalue weighted by Gasteiger charge is 2.32. The van der Waals surface area contributed by atoms with Gasteiger partial charge in [0.1, 0.15) is 10.7 Å². The summed E-state index contributed by atoms with van der Waals surface area (Å²) in [4.78, 5) is -0.503. The van der Waals surface area contributed by atoms with Crippen molar-refractivity contribution in [2.45, 2.75) is 37.2 Å². The van der Waals surface area contributed by atoms with Crippen molar-refractivity contribution in [3.8, 4) is 0 Å². The minimum atomic E-state index is -3.97. The highest BCUT2D eigenvalue weighted by molar-refractivity contribution is 7.89. The summed E-state index contributed by atoms with van der Waals surface area (Å²) in [5.74, 6) is -1.48. The first-order valence-corrected chi connectivity index (χ1v) is 7.99. The lowest BCUT2D eigenvalue weighted by Crippen LogP contribution is -2.34. The zero-order valence-electron chi connectivity index (χ0n) is 11.4. The van der Waals surface area contributed by atoms with Gasteiger partial charge in [0.05, 0.1) is 0 Å². The van der Waals surface area contributed by atoms with Gasteiger partial charge in [-0.2, -0.15) is 0 Å². The first kappa shape index (κ1) is 15.3. The van der Waals surface area contributed by atoms with Crippen LogP contribution in [0.2, 0.25) is 0 Å². The molecular weight excluding hydrogens is 286 g/mol. The fourth-order valence-electron chi connectivity index (χ4n) is 2.12. The maximum absolute atomic E-state index is 14.2. The Morgan fingerprint density at radius 2 is 2.00 bits per heavy atom. The van der Waals surface area contributed by atoms with Gasteiger partial charge in [-0.1, -0.05) is 0 Å². The van der Waals surface area contributed by atoms with E-state index in [9.17, 15) is 17.2 Å². The molecule has 1 fully saturated rings. The second-order valence-electron chi connectivity index (χ2n) is 5.12. The van der Waals surface area contributed by atoms with Gasteiger partial charge in [-0.15, -0.1) is 0 Å². The van der Waals surface area contributed by atoms with Crippen LogP contribution < -0.4 is 10.0 Å². The molecule has 1 unspecified atom stereocenters. The van der Waals surface area contributed by atoms with Gasteiger partial charge < -0.3 is 5.32 Å². The largest absolute Gasteiger partial charge is 0.315 e. The summed E-state index contributed by atoms with van der Waals surface area (Å²) in [6.07, 6.45) is 1.95. The van der Waals surface area contributed by atoms with Gasteiger partial charge in [0.2, 0.25) is 10.0 Å². The van der Waals surface area contributed by atoms with E-state index in [1.807, 2.05) is 0 Å². The molecule has 2 N–H and O–H groups in total. The third-order valence-corrected chi connectivity index (χ3v) is 5.04. The summed E-state index contributed by atoms with van der Waals surface area (Å²) in [6.45, 7) is 1.68. The first-order valence-electron chi connectivity index (χ1n) is 6.50. The molecule has 1 aromatic rings. The predicted octanol–water partition coefficient (Wildman–Crippen LogP) is 1.76. The Morgan fingerprint density at radius 1 is 1.35 bits per heavy atom. The number of benzene rings is 1. The molecule has 1 aliphatic rings. The summed E-state index contributed by atoms with van der Waals surface area (Å²) >= 11 is 0. The summed E-state index contributed by atoms with van der Waals surface area (Å²) in [6, 6.07) is 1.70. The van der Waals surface area contributed by atoms with E-state index < -0.39 is 26.6 Å². The lowest BCUT2D eigenvalue weighted by molar-refractivity contribution is 0.508. The highest BCUT2D eigenvalue weighted by atomic mass is 32.2. The van der Waals surface area contributed by atoms with Crippen LogP contribution in [0.4, 0.5) is 8.78 Å². The Labute approximate surface area is 117 Å². The monoisotopic (exact) mass is 304 g/mol. The molecule has 4 nitrogen and oxygen atoms in total. The number of halogens is 2. The summed E-state index contributed by atoms with van der Waals surface area (Å²) in [5, 5.41) is 2.62. The van der Waals surface area contributed by atoms with Crippen LogP contribution in [0.5, 0.6) is 0 Å². The molecule has 0 saturated heterocycles. The molecule has 0 amide bonds. The molecule has 1 atom stereocenters. The Hall–Kier alpha value is -1.05. The molecule has 0 aliphatic heterocycles. The van der Waals surface area contributed by atoms with E-state index in [4.69, 9.17) is 0 Å². The topological polar surface area (TPSA) is 58.2 Å². The van der Waals surface area contributed by atoms with Gasteiger partial charge >= 0.3 is 0 Å². The molecule has 20 heavy (non-hydrogen) atoms. The number of sulfonamides is 1. The number of nitrogens with one attached hydrogen (secondary N) is 2. The summed E-state index contributed by atoms with van der Waals surface area (Å²) in [7, 11) is -2.44. The fraction of sp³-hybridized carbons (Fsp3) is 0.538. The van der Waals surface area contributed by atoms with Gasteiger partial charge in [0.25, 0.3) is 0 Å². The molecular formula is C13H18F2N2O2S. The van der Waals surface area contributed by atoms with Crippen LogP contribution >= 0.6 is 0 Å². The smallest absolute Gasteiger partial charge is 0.243 e. The van der Waals surface area contributed by atoms with E-state index in [0.29, 0.717) is 5.92 Å². The fourth-order valence-corrected chi connectivity index (χ4v) is 3.54. The Bertz CT molecular complexity index is 601. The Balaban J connectivity index is 2.33. The second kappa shape index (κ2) is 5.75. The number of rotatable bonds is 6. The summed E-state index contributed by atoms with van der Waals surface area (Å²) < 4.78 is 54.5. The molecule has 7 heteroatoms. The van der Waals surface area contributed by atoms with Crippen molar-refractivity contribution < 1.29 is 17.2 Å². The molecule has 0 heterocycles. The van der Waals surface area contributed by atoms with E-state index in [2.05, 4.69) is 10.0 Å². The van der Waals surface area contributed by atoms with Crippen LogP contribution in [-0.4, -0.2) is 21.5 Å². The van der Waals surface area contributed by atoms with Crippen molar-refractivity contribution in [2.24, 2.45) is 5.92 Å². The number of hydrogen-bond acceptors (Lipinski definition) is 3. The van der Waals surface area contributed by atoms with E-state index >= 15 is 0 Å². The normalized spacial score (nSPS) is 17.2. The molecule has 1 aromatic carbocycles. The third kappa shape index (κ3) is 3.16. The van der Waals surface area contributed by atoms with Gasteiger partial charge in [0, 0.05) is 18.2 Å². The third-order valence-electron chi connectivity index (χ3n) is 3.46. The Kier molecular flexibility index (Phi) is 4.41. The molecule has 0 radical (unpaired) electrons. The average Bonchev–Trinajstić information content (AvgIpc) is 3.17. The highest BCUT2D eigenvalue weighted by Crippen LogP contribution is 2.33. The van der Waals surface area contributed by atoms with Crippen molar-refractivity contribution in [1.29, 1.82) is 0 Å². The van der Waals surface area contributed by atoms with Crippen LogP contribution in [0.1, 0.15) is 25.3 Å². The predicted molar refractivity (Wildman–Crippen MR) is 71.6 cm³/mol. The lowest BCUT2D eigenvalue weighted by Gasteiger charge is -2.15. The molecule has 0 bridgehead atoms. The van der Waals surface area contributed by atoms with Crippen molar-refractivity contribution >= 4 is 10.0 Å². The van der Waals surface area contributed by atoms with E-state index in [-0.39, 0.29) is 18.2 Å². The van der Waals surface area contributed by atoms with Gasteiger partial charge in [0.15, 0.2) is 5.82 Å². The van der Waals surface area contributed by atoms with Crippen molar-refractivity contribution in [3.63, 3.8) is 0 Å². The van der Waals surface area contributed by atoms with Crippen molar-refractivity contribution in [3.05, 3.63) is 29.3 Å². The zero-order valence-corrected chi connectivity index (χ0v) is 12.2. The van der Waals surface area contributed by atoms with Crippen LogP contribution in [0.3, 0.4) is 0 Å². The first-order chi connectivity index (χ1) is 9.36. The van der Waals surface area contributed by atoms with Gasteiger partial charge in [-0.05, 0) is 44.9 Å². The maximum Gasteiger partial charge on any atom is 0.243 e. The van der Waals surface area contributed by atoms with E-state index in [1.165, 1.54) is 7.05 Å². The van der Waals surface area contributed by atoms with E-state index in [1.54, 1.807) is 6.92 Å². The zero-order chi connectivity index (χ0) is 14.9. The molecule has 112 valence electrons. The molecule has 1 saturated carbocycles. The SMILES string of the molecule is CNCc1c(F)ccc(S(=O)(=O)NC(C)C2CC2)c1F. The Morgan fingerprint density at radius 3 is 2.55 bits per heavy atom. The van der Waals surface area contributed by atoms with Crippen LogP contribution in [0.15, 0.2) is 17.0 Å². The van der Waals surface area contributed by atoms with E-state index in [0.717, 1.165) is 25.0 Å². The lowest BCUT2D eigenvalue weighted by atomic mass is 10.2. The maximum atomic E-state index is 14.2. The molecule has 0 spiro atoms. The molecule has 0 aromatic heterocycles. The van der Waals surface area contributed by atoms with Gasteiger partial charge in [-0.25, -0.2) is 21.9 Å². The van der Waals surface area contributed by atoms with Crippen molar-refractivity contribution in [1.82, 2.24) is 10.0 Å². The standard InChI is InChI=1S/C13H18F2N2O2S/c1-8(9-3-4-9)17-20(18,19)12-6-5-11(14)10(7-16-2)13(12)15/h5-6,8-9,16-17H,3-4,7H2,1-2H3. The summed E-state index contributed by atoms with van der Waals surface area (Å²) in [5.41, 5.74) is -0.269. The molecule has 2 rings (SSSR count). The van der Waals surface area contributed by atoms with Crippen LogP contribution in [0, 0.1) is 17.6 Å². The number of hydrogen-bond donors (Lipinski definition) is 2. The van der Waals surface area contributed by atoms with Crippen molar-refractivity contribution in [2.75, 3.05) is 7.05 Å². The van der Waals surface area contributed by atoms with Gasteiger partial charge in [-0.3, -0.25) is 0 Å². The second-order valence-corrected chi connectivity index (χ2v) is 6.80. The minimum Gasteiger partial charge on any atom is -0.315 e. The minimum absolute atomic E-state index is 0.0702. The average molecular weight is 304 g/mol. The van der Waals surface area contributed by atoms with Crippen LogP contribution in [0.25, 0.3) is 0 Å². The molecule has 1 aliphatic carbocycles. The quantitative estimate of drug-likeness (QED) is 0.842. The van der Waals surface area contributed by atoms with Crippen LogP contribution in [-0.2, 0) is 16.6 Å².